The second kappa shape index (κ2) is 8.33. The molecule has 1 amide bonds. The standard InChI is InChI=1S/C27H36ClN3O2/c1-26(2)19-13-14-27(3,16-19)24(26)29-25(32)33-23-20-11-7-5-10-18(22(20)31(4)30-23)15-17-9-6-8-12-21(17)28/h6,8-9,12,18-19,24H,5,7,10-11,13-16H2,1-4H3,(H,29,32)/t18?,19?,24-,27?/m1/s1. The molecule has 5 rings (SSSR count). The Bertz CT molecular complexity index is 1060. The molecule has 2 saturated carbocycles. The van der Waals surface area contributed by atoms with Crippen molar-refractivity contribution in [3.63, 3.8) is 0 Å². The minimum atomic E-state index is -0.366. The number of aromatic nitrogens is 2. The Morgan fingerprint density at radius 3 is 2.76 bits per heavy atom. The lowest BCUT2D eigenvalue weighted by Crippen LogP contribution is -2.53. The highest BCUT2D eigenvalue weighted by atomic mass is 35.5. The molecule has 1 aromatic carbocycles. The van der Waals surface area contributed by atoms with Crippen LogP contribution in [0.1, 0.15) is 82.0 Å². The Balaban J connectivity index is 1.36. The van der Waals surface area contributed by atoms with Gasteiger partial charge in [0.05, 0.1) is 0 Å². The molecule has 2 bridgehead atoms. The van der Waals surface area contributed by atoms with E-state index in [1.807, 2.05) is 29.9 Å². The summed E-state index contributed by atoms with van der Waals surface area (Å²) in [7, 11) is 1.97. The number of hydrogen-bond acceptors (Lipinski definition) is 3. The van der Waals surface area contributed by atoms with Crippen LogP contribution in [-0.4, -0.2) is 21.9 Å². The van der Waals surface area contributed by atoms with E-state index in [1.165, 1.54) is 25.0 Å². The maximum Gasteiger partial charge on any atom is 0.414 e. The molecule has 3 unspecified atom stereocenters. The Labute approximate surface area is 202 Å². The molecule has 5 nitrogen and oxygen atoms in total. The molecule has 0 saturated heterocycles. The third kappa shape index (κ3) is 3.96. The first kappa shape index (κ1) is 22.8. The number of amides is 1. The lowest BCUT2D eigenvalue weighted by Gasteiger charge is -2.42. The number of halogens is 1. The molecule has 2 aromatic rings. The van der Waals surface area contributed by atoms with Gasteiger partial charge in [0.15, 0.2) is 0 Å². The van der Waals surface area contributed by atoms with E-state index in [-0.39, 0.29) is 23.0 Å². The van der Waals surface area contributed by atoms with Crippen LogP contribution in [0.2, 0.25) is 5.02 Å². The first-order valence-corrected chi connectivity index (χ1v) is 12.8. The summed E-state index contributed by atoms with van der Waals surface area (Å²) in [6.45, 7) is 6.90. The number of rotatable bonds is 4. The Hall–Kier alpha value is -2.01. The summed E-state index contributed by atoms with van der Waals surface area (Å²) in [5, 5.41) is 8.73. The van der Waals surface area contributed by atoms with Crippen molar-refractivity contribution in [3.05, 3.63) is 46.1 Å². The molecule has 0 spiro atoms. The number of carbonyl (C=O) groups excluding carboxylic acids is 1. The maximum atomic E-state index is 13.1. The van der Waals surface area contributed by atoms with E-state index >= 15 is 0 Å². The van der Waals surface area contributed by atoms with Crippen LogP contribution in [0.5, 0.6) is 5.88 Å². The van der Waals surface area contributed by atoms with Gasteiger partial charge in [0, 0.05) is 35.3 Å². The molecule has 2 fully saturated rings. The minimum absolute atomic E-state index is 0.0904. The average molecular weight is 470 g/mol. The molecule has 1 N–H and O–H groups in total. The van der Waals surface area contributed by atoms with Gasteiger partial charge in [0.1, 0.15) is 0 Å². The lowest BCUT2D eigenvalue weighted by molar-refractivity contribution is 0.103. The molecule has 178 valence electrons. The largest absolute Gasteiger partial charge is 0.414 e. The molecule has 4 atom stereocenters. The van der Waals surface area contributed by atoms with Gasteiger partial charge in [-0.05, 0) is 73.3 Å². The summed E-state index contributed by atoms with van der Waals surface area (Å²) in [5.41, 5.74) is 3.68. The Kier molecular flexibility index (Phi) is 5.75. The van der Waals surface area contributed by atoms with Gasteiger partial charge in [-0.25, -0.2) is 4.79 Å². The van der Waals surface area contributed by atoms with Gasteiger partial charge >= 0.3 is 6.09 Å². The molecule has 1 aromatic heterocycles. The minimum Gasteiger partial charge on any atom is -0.389 e. The number of nitrogens with one attached hydrogen (secondary N) is 1. The highest BCUT2D eigenvalue weighted by Gasteiger charge is 2.60. The number of fused-ring (bicyclic) bond motifs is 3. The predicted octanol–water partition coefficient (Wildman–Crippen LogP) is 6.43. The zero-order valence-electron chi connectivity index (χ0n) is 20.3. The van der Waals surface area contributed by atoms with Gasteiger partial charge in [-0.1, -0.05) is 57.0 Å². The summed E-state index contributed by atoms with van der Waals surface area (Å²) in [5.74, 6) is 1.45. The molecule has 3 aliphatic carbocycles. The first-order valence-electron chi connectivity index (χ1n) is 12.5. The van der Waals surface area contributed by atoms with E-state index in [0.717, 1.165) is 48.3 Å². The number of benzene rings is 1. The zero-order chi connectivity index (χ0) is 23.4. The van der Waals surface area contributed by atoms with Gasteiger partial charge < -0.3 is 10.1 Å². The fraction of sp³-hybridized carbons (Fsp3) is 0.630. The van der Waals surface area contributed by atoms with E-state index in [1.54, 1.807) is 0 Å². The van der Waals surface area contributed by atoms with Crippen LogP contribution in [0.15, 0.2) is 24.3 Å². The van der Waals surface area contributed by atoms with Crippen LogP contribution < -0.4 is 10.1 Å². The SMILES string of the molecule is Cn1nc(OC(=O)N[C@H]2C3(C)CCC(C3)C2(C)C)c2c1C(Cc1ccccc1Cl)CCCC2. The molecular weight excluding hydrogens is 434 g/mol. The molecule has 1 heterocycles. The lowest BCUT2D eigenvalue weighted by atomic mass is 9.68. The fourth-order valence-electron chi connectivity index (χ4n) is 7.24. The van der Waals surface area contributed by atoms with E-state index in [0.29, 0.717) is 17.7 Å². The number of ether oxygens (including phenoxy) is 1. The van der Waals surface area contributed by atoms with Crippen molar-refractivity contribution in [3.8, 4) is 5.88 Å². The quantitative estimate of drug-likeness (QED) is 0.525. The van der Waals surface area contributed by atoms with Gasteiger partial charge in [0.2, 0.25) is 5.88 Å². The third-order valence-corrected chi connectivity index (χ3v) is 9.29. The third-order valence-electron chi connectivity index (χ3n) is 8.92. The van der Waals surface area contributed by atoms with Crippen molar-refractivity contribution < 1.29 is 9.53 Å². The van der Waals surface area contributed by atoms with Crippen molar-refractivity contribution in [1.82, 2.24) is 15.1 Å². The zero-order valence-corrected chi connectivity index (χ0v) is 21.0. The molecule has 6 heteroatoms. The maximum absolute atomic E-state index is 13.1. The molecule has 0 radical (unpaired) electrons. The van der Waals surface area contributed by atoms with E-state index < -0.39 is 0 Å². The number of nitrogens with zero attached hydrogens (tertiary/aromatic N) is 2. The van der Waals surface area contributed by atoms with E-state index in [9.17, 15) is 4.79 Å². The van der Waals surface area contributed by atoms with Crippen LogP contribution in [0.4, 0.5) is 4.79 Å². The van der Waals surface area contributed by atoms with Gasteiger partial charge in [-0.3, -0.25) is 4.68 Å². The monoisotopic (exact) mass is 469 g/mol. The predicted molar refractivity (Wildman–Crippen MR) is 131 cm³/mol. The molecular formula is C27H36ClN3O2. The number of carbonyl (C=O) groups is 1. The van der Waals surface area contributed by atoms with Crippen LogP contribution in [0, 0.1) is 16.7 Å². The van der Waals surface area contributed by atoms with Crippen LogP contribution in [0.25, 0.3) is 0 Å². The topological polar surface area (TPSA) is 56.2 Å². The summed E-state index contributed by atoms with van der Waals surface area (Å²) in [4.78, 5) is 13.1. The summed E-state index contributed by atoms with van der Waals surface area (Å²) < 4.78 is 7.84. The average Bonchev–Trinajstić information content (AvgIpc) is 3.28. The van der Waals surface area contributed by atoms with E-state index in [2.05, 4.69) is 37.3 Å². The van der Waals surface area contributed by atoms with Crippen molar-refractivity contribution in [2.75, 3.05) is 0 Å². The van der Waals surface area contributed by atoms with Crippen molar-refractivity contribution in [2.45, 2.75) is 84.1 Å². The summed E-state index contributed by atoms with van der Waals surface area (Å²) in [6, 6.07) is 8.20. The second-order valence-electron chi connectivity index (χ2n) is 11.4. The smallest absolute Gasteiger partial charge is 0.389 e. The van der Waals surface area contributed by atoms with Crippen LogP contribution in [0.3, 0.4) is 0 Å². The highest BCUT2D eigenvalue weighted by molar-refractivity contribution is 6.31. The Morgan fingerprint density at radius 2 is 2.03 bits per heavy atom. The van der Waals surface area contributed by atoms with Gasteiger partial charge in [0.25, 0.3) is 0 Å². The molecule has 0 aliphatic heterocycles. The van der Waals surface area contributed by atoms with Crippen molar-refractivity contribution in [1.29, 1.82) is 0 Å². The summed E-state index contributed by atoms with van der Waals surface area (Å²) >= 11 is 6.47. The second-order valence-corrected chi connectivity index (χ2v) is 11.8. The number of aryl methyl sites for hydroxylation is 1. The van der Waals surface area contributed by atoms with E-state index in [4.69, 9.17) is 16.3 Å². The van der Waals surface area contributed by atoms with Crippen molar-refractivity contribution in [2.24, 2.45) is 23.8 Å². The van der Waals surface area contributed by atoms with Crippen LogP contribution >= 0.6 is 11.6 Å². The highest BCUT2D eigenvalue weighted by Crippen LogP contribution is 2.62. The fourth-order valence-corrected chi connectivity index (χ4v) is 7.45. The van der Waals surface area contributed by atoms with Crippen molar-refractivity contribution >= 4 is 17.7 Å². The van der Waals surface area contributed by atoms with Crippen LogP contribution in [-0.2, 0) is 19.9 Å². The molecule has 33 heavy (non-hydrogen) atoms. The van der Waals surface area contributed by atoms with Gasteiger partial charge in [-0.15, -0.1) is 5.10 Å². The first-order chi connectivity index (χ1) is 15.7. The normalized spacial score (nSPS) is 30.0. The molecule has 3 aliphatic rings. The Morgan fingerprint density at radius 1 is 1.24 bits per heavy atom. The summed E-state index contributed by atoms with van der Waals surface area (Å²) in [6.07, 6.45) is 8.32. The van der Waals surface area contributed by atoms with Gasteiger partial charge in [-0.2, -0.15) is 0 Å². The number of hydrogen-bond donors (Lipinski definition) is 1.